The van der Waals surface area contributed by atoms with Crippen LogP contribution >= 0.6 is 37.2 Å². The fourth-order valence-electron chi connectivity index (χ4n) is 6.02. The molecule has 0 atom stereocenters. The van der Waals surface area contributed by atoms with Gasteiger partial charge in [-0.2, -0.15) is 0 Å². The Kier molecular flexibility index (Phi) is 16.1. The van der Waals surface area contributed by atoms with Crippen LogP contribution in [0.15, 0.2) is 0 Å². The van der Waals surface area contributed by atoms with Gasteiger partial charge in [-0.25, -0.2) is 0 Å². The molecule has 7 nitrogen and oxygen atoms in total. The number of rotatable bonds is 7. The molecule has 0 unspecified atom stereocenters. The lowest BCUT2D eigenvalue weighted by molar-refractivity contribution is -0.152. The van der Waals surface area contributed by atoms with Crippen molar-refractivity contribution in [3.63, 3.8) is 0 Å². The quantitative estimate of drug-likeness (QED) is 0.483. The maximum atomic E-state index is 12.7. The Morgan fingerprint density at radius 2 is 1.40 bits per heavy atom. The number of carbonyl (C=O) groups excluding carboxylic acids is 2. The standard InChI is InChI=1S/C25H44N4O3.3ClH/c30-24(29-18-16-28(17-19-29)22-8-12-26-13-9-22)7-6-21-10-14-27(15-11-21)20-25(31)32-23-4-2-1-3-5-23;;;/h21-23,26H,1-20H2;3*1H. The Hall–Kier alpha value is -0.310. The zero-order chi connectivity index (χ0) is 22.2. The first-order valence-electron chi connectivity index (χ1n) is 13.3. The number of hydrogen-bond acceptors (Lipinski definition) is 6. The van der Waals surface area contributed by atoms with Gasteiger partial charge >= 0.3 is 5.97 Å². The minimum Gasteiger partial charge on any atom is -0.461 e. The number of piperazine rings is 1. The number of likely N-dealkylation sites (tertiary alicyclic amines) is 1. The number of nitrogens with zero attached hydrogens (tertiary/aromatic N) is 3. The fourth-order valence-corrected chi connectivity index (χ4v) is 6.02. The average Bonchev–Trinajstić information content (AvgIpc) is 2.84. The van der Waals surface area contributed by atoms with Crippen LogP contribution in [0.5, 0.6) is 0 Å². The zero-order valence-corrected chi connectivity index (χ0v) is 23.6. The molecule has 3 heterocycles. The molecule has 1 aliphatic carbocycles. The topological polar surface area (TPSA) is 65.1 Å². The zero-order valence-electron chi connectivity index (χ0n) is 21.2. The number of ether oxygens (including phenoxy) is 1. The SMILES string of the molecule is Cl.Cl.Cl.O=C(CN1CCC(CCC(=O)N2CCN(C3CCNCC3)CC2)CC1)OC1CCCCC1. The molecule has 206 valence electrons. The second kappa shape index (κ2) is 17.2. The van der Waals surface area contributed by atoms with Crippen LogP contribution in [0.1, 0.15) is 70.6 Å². The highest BCUT2D eigenvalue weighted by Crippen LogP contribution is 2.24. The predicted octanol–water partition coefficient (Wildman–Crippen LogP) is 3.52. The lowest BCUT2D eigenvalue weighted by Gasteiger charge is -2.41. The molecule has 0 aromatic carbocycles. The van der Waals surface area contributed by atoms with Crippen molar-refractivity contribution in [3.05, 3.63) is 0 Å². The maximum absolute atomic E-state index is 12.7. The van der Waals surface area contributed by atoms with Crippen molar-refractivity contribution >= 4 is 49.1 Å². The van der Waals surface area contributed by atoms with E-state index in [1.165, 1.54) is 32.1 Å². The molecule has 0 aromatic heterocycles. The van der Waals surface area contributed by atoms with Gasteiger partial charge < -0.3 is 15.0 Å². The lowest BCUT2D eigenvalue weighted by Crippen LogP contribution is -2.54. The Morgan fingerprint density at radius 3 is 2.03 bits per heavy atom. The number of halogens is 3. The summed E-state index contributed by atoms with van der Waals surface area (Å²) in [6.45, 7) is 8.45. The van der Waals surface area contributed by atoms with Gasteiger partial charge in [0.2, 0.25) is 5.91 Å². The van der Waals surface area contributed by atoms with E-state index in [0.29, 0.717) is 30.8 Å². The third kappa shape index (κ3) is 10.5. The molecule has 0 aromatic rings. The monoisotopic (exact) mass is 556 g/mol. The molecule has 1 N–H and O–H groups in total. The summed E-state index contributed by atoms with van der Waals surface area (Å²) in [5, 5.41) is 3.44. The van der Waals surface area contributed by atoms with Gasteiger partial charge in [-0.3, -0.25) is 19.4 Å². The minimum absolute atomic E-state index is 0. The summed E-state index contributed by atoms with van der Waals surface area (Å²) in [7, 11) is 0. The molecular formula is C25H47Cl3N4O3. The van der Waals surface area contributed by atoms with Crippen LogP contribution in [0.2, 0.25) is 0 Å². The van der Waals surface area contributed by atoms with Crippen LogP contribution in [0.25, 0.3) is 0 Å². The van der Waals surface area contributed by atoms with E-state index in [4.69, 9.17) is 4.74 Å². The highest BCUT2D eigenvalue weighted by atomic mass is 35.5. The van der Waals surface area contributed by atoms with E-state index >= 15 is 0 Å². The van der Waals surface area contributed by atoms with E-state index in [1.54, 1.807) is 0 Å². The number of nitrogens with one attached hydrogen (secondary N) is 1. The normalized spacial score (nSPS) is 23.5. The van der Waals surface area contributed by atoms with Crippen molar-refractivity contribution in [1.82, 2.24) is 20.0 Å². The van der Waals surface area contributed by atoms with E-state index in [2.05, 4.69) is 20.0 Å². The molecule has 4 fully saturated rings. The van der Waals surface area contributed by atoms with Gasteiger partial charge in [0, 0.05) is 38.6 Å². The van der Waals surface area contributed by atoms with Gasteiger partial charge in [0.15, 0.2) is 0 Å². The Balaban J connectivity index is 0.00000204. The summed E-state index contributed by atoms with van der Waals surface area (Å²) in [5.74, 6) is 0.906. The molecule has 3 aliphatic heterocycles. The molecule has 1 amide bonds. The number of amides is 1. The summed E-state index contributed by atoms with van der Waals surface area (Å²) in [6.07, 6.45) is 12.2. The van der Waals surface area contributed by atoms with E-state index < -0.39 is 0 Å². The van der Waals surface area contributed by atoms with Crippen LogP contribution in [0.3, 0.4) is 0 Å². The smallest absolute Gasteiger partial charge is 0.320 e. The Morgan fingerprint density at radius 1 is 0.771 bits per heavy atom. The molecule has 4 aliphatic rings. The van der Waals surface area contributed by atoms with Gasteiger partial charge in [0.25, 0.3) is 0 Å². The first-order chi connectivity index (χ1) is 15.7. The second-order valence-electron chi connectivity index (χ2n) is 10.4. The molecule has 4 rings (SSSR count). The van der Waals surface area contributed by atoms with Gasteiger partial charge in [-0.05, 0) is 89.9 Å². The van der Waals surface area contributed by atoms with Crippen LogP contribution in [-0.2, 0) is 14.3 Å². The molecule has 0 bridgehead atoms. The van der Waals surface area contributed by atoms with Crippen LogP contribution < -0.4 is 5.32 Å². The van der Waals surface area contributed by atoms with Gasteiger partial charge in [0.1, 0.15) is 6.10 Å². The largest absolute Gasteiger partial charge is 0.461 e. The summed E-state index contributed by atoms with van der Waals surface area (Å²) in [5.41, 5.74) is 0. The minimum atomic E-state index is -0.0471. The van der Waals surface area contributed by atoms with E-state index in [9.17, 15) is 9.59 Å². The molecule has 1 saturated carbocycles. The molecule has 0 spiro atoms. The summed E-state index contributed by atoms with van der Waals surface area (Å²) in [6, 6.07) is 0.707. The summed E-state index contributed by atoms with van der Waals surface area (Å²) >= 11 is 0. The fraction of sp³-hybridized carbons (Fsp3) is 0.920. The number of esters is 1. The number of carbonyl (C=O) groups is 2. The van der Waals surface area contributed by atoms with Crippen molar-refractivity contribution < 1.29 is 14.3 Å². The van der Waals surface area contributed by atoms with Gasteiger partial charge in [-0.15, -0.1) is 37.2 Å². The Labute approximate surface area is 230 Å². The molecule has 35 heavy (non-hydrogen) atoms. The first-order valence-corrected chi connectivity index (χ1v) is 13.3. The van der Waals surface area contributed by atoms with E-state index in [1.807, 2.05) is 0 Å². The molecule has 0 radical (unpaired) electrons. The lowest BCUT2D eigenvalue weighted by atomic mass is 9.92. The van der Waals surface area contributed by atoms with Crippen molar-refractivity contribution in [3.8, 4) is 0 Å². The van der Waals surface area contributed by atoms with Crippen molar-refractivity contribution in [2.45, 2.75) is 82.8 Å². The third-order valence-corrected chi connectivity index (χ3v) is 8.17. The van der Waals surface area contributed by atoms with Gasteiger partial charge in [-0.1, -0.05) is 6.42 Å². The number of piperidine rings is 2. The van der Waals surface area contributed by atoms with E-state index in [0.717, 1.165) is 84.5 Å². The van der Waals surface area contributed by atoms with Crippen LogP contribution in [0, 0.1) is 5.92 Å². The molecular weight excluding hydrogens is 511 g/mol. The molecule has 3 saturated heterocycles. The Bertz CT molecular complexity index is 603. The van der Waals surface area contributed by atoms with Crippen molar-refractivity contribution in [2.75, 3.05) is 58.9 Å². The van der Waals surface area contributed by atoms with Gasteiger partial charge in [0.05, 0.1) is 6.54 Å². The molecule has 10 heteroatoms. The first kappa shape index (κ1) is 32.7. The maximum Gasteiger partial charge on any atom is 0.320 e. The van der Waals surface area contributed by atoms with E-state index in [-0.39, 0.29) is 49.3 Å². The van der Waals surface area contributed by atoms with Crippen molar-refractivity contribution in [1.29, 1.82) is 0 Å². The second-order valence-corrected chi connectivity index (χ2v) is 10.4. The van der Waals surface area contributed by atoms with Crippen LogP contribution in [-0.4, -0.2) is 97.6 Å². The summed E-state index contributed by atoms with van der Waals surface area (Å²) in [4.78, 5) is 31.9. The van der Waals surface area contributed by atoms with Crippen LogP contribution in [0.4, 0.5) is 0 Å². The third-order valence-electron chi connectivity index (χ3n) is 8.17. The highest BCUT2D eigenvalue weighted by molar-refractivity contribution is 5.86. The number of hydrogen-bond donors (Lipinski definition) is 1. The van der Waals surface area contributed by atoms with Crippen molar-refractivity contribution in [2.24, 2.45) is 5.92 Å². The summed E-state index contributed by atoms with van der Waals surface area (Å²) < 4.78 is 5.68. The highest BCUT2D eigenvalue weighted by Gasteiger charge is 2.28. The predicted molar refractivity (Wildman–Crippen MR) is 147 cm³/mol. The average molecular weight is 558 g/mol.